The Hall–Kier alpha value is -2.34. The Morgan fingerprint density at radius 1 is 1.33 bits per heavy atom. The van der Waals surface area contributed by atoms with Crippen LogP contribution in [0.2, 0.25) is 0 Å². The van der Waals surface area contributed by atoms with Crippen LogP contribution in [0.5, 0.6) is 5.75 Å². The fourth-order valence-electron chi connectivity index (χ4n) is 3.57. The van der Waals surface area contributed by atoms with Gasteiger partial charge in [0.15, 0.2) is 11.5 Å². The van der Waals surface area contributed by atoms with E-state index >= 15 is 0 Å². The van der Waals surface area contributed by atoms with E-state index in [1.165, 1.54) is 4.90 Å². The number of ether oxygens (including phenoxy) is 1. The van der Waals surface area contributed by atoms with Gasteiger partial charge in [-0.05, 0) is 49.1 Å². The van der Waals surface area contributed by atoms with Gasteiger partial charge in [0.05, 0.1) is 0 Å². The minimum Gasteiger partial charge on any atom is -0.487 e. The van der Waals surface area contributed by atoms with Crippen molar-refractivity contribution in [3.05, 3.63) is 41.3 Å². The van der Waals surface area contributed by atoms with Gasteiger partial charge in [0.25, 0.3) is 5.91 Å². The molecule has 124 valence electrons. The summed E-state index contributed by atoms with van der Waals surface area (Å²) in [6.07, 6.45) is 0.463. The van der Waals surface area contributed by atoms with E-state index in [9.17, 15) is 4.79 Å². The second-order valence-electron chi connectivity index (χ2n) is 6.92. The van der Waals surface area contributed by atoms with Crippen molar-refractivity contribution in [3.8, 4) is 16.2 Å². The predicted octanol–water partition coefficient (Wildman–Crippen LogP) is 2.96. The maximum atomic E-state index is 13.0. The third kappa shape index (κ3) is 2.06. The molecule has 6 heteroatoms. The van der Waals surface area contributed by atoms with Crippen LogP contribution in [0, 0.1) is 0 Å². The maximum absolute atomic E-state index is 13.0. The van der Waals surface area contributed by atoms with Crippen molar-refractivity contribution in [2.75, 3.05) is 7.05 Å². The summed E-state index contributed by atoms with van der Waals surface area (Å²) >= 11 is 1.66. The summed E-state index contributed by atoms with van der Waals surface area (Å²) < 4.78 is 6.12. The topological polar surface area (TPSA) is 67.9 Å². The molecule has 2 N–H and O–H groups in total. The Morgan fingerprint density at radius 2 is 2.12 bits per heavy atom. The highest BCUT2D eigenvalue weighted by molar-refractivity contribution is 7.13. The van der Waals surface area contributed by atoms with Gasteiger partial charge in [-0.1, -0.05) is 6.07 Å². The number of likely N-dealkylation sites (N-methyl/N-ethyl adjacent to an activating group) is 1. The molecule has 0 bridgehead atoms. The lowest BCUT2D eigenvalue weighted by molar-refractivity contribution is -0.133. The summed E-state index contributed by atoms with van der Waals surface area (Å²) in [5.41, 5.74) is 6.33. The van der Waals surface area contributed by atoms with Gasteiger partial charge in [0, 0.05) is 23.9 Å². The first-order chi connectivity index (χ1) is 11.3. The second kappa shape index (κ2) is 4.83. The zero-order valence-corrected chi connectivity index (χ0v) is 14.7. The quantitative estimate of drug-likeness (QED) is 0.867. The maximum Gasteiger partial charge on any atom is 0.261 e. The highest BCUT2D eigenvalue weighted by Gasteiger charge is 2.55. The minimum absolute atomic E-state index is 0.0963. The molecule has 2 aromatic rings. The molecular weight excluding hydrogens is 322 g/mol. The van der Waals surface area contributed by atoms with Gasteiger partial charge in [0.2, 0.25) is 0 Å². The Bertz CT molecular complexity index is 857. The summed E-state index contributed by atoms with van der Waals surface area (Å²) in [6.45, 7) is 3.95. The Balaban J connectivity index is 1.94. The van der Waals surface area contributed by atoms with Crippen molar-refractivity contribution in [3.63, 3.8) is 0 Å². The van der Waals surface area contributed by atoms with E-state index in [-0.39, 0.29) is 11.9 Å². The molecule has 1 atom stereocenters. The fraction of sp³-hybridized carbons (Fsp3) is 0.333. The van der Waals surface area contributed by atoms with Gasteiger partial charge in [-0.3, -0.25) is 9.69 Å². The summed E-state index contributed by atoms with van der Waals surface area (Å²) in [4.78, 5) is 20.2. The number of nitrogens with two attached hydrogens (primary N) is 1. The molecule has 4 rings (SSSR count). The van der Waals surface area contributed by atoms with E-state index in [2.05, 4.69) is 11.1 Å². The number of nitrogens with zero attached hydrogens (tertiary/aromatic N) is 2. The summed E-state index contributed by atoms with van der Waals surface area (Å²) in [5, 5.41) is 2.04. The molecule has 1 spiro atoms. The van der Waals surface area contributed by atoms with E-state index in [0.29, 0.717) is 12.2 Å². The number of carbonyl (C=O) groups is 1. The molecule has 0 fully saturated rings. The Morgan fingerprint density at radius 3 is 2.75 bits per heavy atom. The third-order valence-corrected chi connectivity index (χ3v) is 5.53. The molecular formula is C18H19N3O2S. The first-order valence-corrected chi connectivity index (χ1v) is 8.71. The molecule has 1 aromatic carbocycles. The number of hydrogen-bond donors (Lipinski definition) is 1. The van der Waals surface area contributed by atoms with Crippen LogP contribution in [0.25, 0.3) is 10.4 Å². The molecule has 2 aliphatic rings. The Labute approximate surface area is 144 Å². The fourth-order valence-corrected chi connectivity index (χ4v) is 4.30. The zero-order valence-electron chi connectivity index (χ0n) is 13.9. The zero-order chi connectivity index (χ0) is 17.1. The first kappa shape index (κ1) is 15.2. The average molecular weight is 341 g/mol. The standard InChI is InChI=1S/C18H19N3O2S/c1-17(2)10-18(15(22)21(3)16(19)20-18)12-9-11(6-7-13(12)23-17)14-5-4-8-24-14/h4-9H,10H2,1-3H3,(H2,19,20). The van der Waals surface area contributed by atoms with Gasteiger partial charge >= 0.3 is 0 Å². The summed E-state index contributed by atoms with van der Waals surface area (Å²) in [7, 11) is 1.67. The van der Waals surface area contributed by atoms with Crippen LogP contribution in [0.15, 0.2) is 40.7 Å². The molecule has 1 unspecified atom stereocenters. The van der Waals surface area contributed by atoms with E-state index in [0.717, 1.165) is 16.0 Å². The number of hydrogen-bond acceptors (Lipinski definition) is 5. The van der Waals surface area contributed by atoms with Crippen LogP contribution in [0.4, 0.5) is 0 Å². The molecule has 2 aliphatic heterocycles. The average Bonchev–Trinajstić information content (AvgIpc) is 3.12. The largest absolute Gasteiger partial charge is 0.487 e. The van der Waals surface area contributed by atoms with Gasteiger partial charge in [-0.15, -0.1) is 11.3 Å². The van der Waals surface area contributed by atoms with Crippen molar-refractivity contribution in [1.82, 2.24) is 4.90 Å². The van der Waals surface area contributed by atoms with Crippen LogP contribution in [0.1, 0.15) is 25.8 Å². The molecule has 0 radical (unpaired) electrons. The van der Waals surface area contributed by atoms with Crippen molar-refractivity contribution in [2.24, 2.45) is 10.7 Å². The summed E-state index contributed by atoms with van der Waals surface area (Å²) in [5.74, 6) is 0.859. The number of thiophene rings is 1. The lowest BCUT2D eigenvalue weighted by atomic mass is 9.77. The molecule has 0 saturated heterocycles. The smallest absolute Gasteiger partial charge is 0.261 e. The van der Waals surface area contributed by atoms with Crippen LogP contribution in [-0.2, 0) is 10.3 Å². The van der Waals surface area contributed by atoms with E-state index in [1.54, 1.807) is 18.4 Å². The molecule has 5 nitrogen and oxygen atoms in total. The van der Waals surface area contributed by atoms with E-state index in [1.807, 2.05) is 43.5 Å². The second-order valence-corrected chi connectivity index (χ2v) is 7.87. The van der Waals surface area contributed by atoms with Gasteiger partial charge in [0.1, 0.15) is 11.4 Å². The van der Waals surface area contributed by atoms with Crippen molar-refractivity contribution in [1.29, 1.82) is 0 Å². The highest BCUT2D eigenvalue weighted by Crippen LogP contribution is 2.49. The van der Waals surface area contributed by atoms with Crippen molar-refractivity contribution < 1.29 is 9.53 Å². The molecule has 3 heterocycles. The molecule has 0 aliphatic carbocycles. The highest BCUT2D eigenvalue weighted by atomic mass is 32.1. The number of carbonyl (C=O) groups excluding carboxylic acids is 1. The van der Waals surface area contributed by atoms with Crippen molar-refractivity contribution >= 4 is 23.2 Å². The molecule has 1 amide bonds. The lowest BCUT2D eigenvalue weighted by Gasteiger charge is -2.41. The predicted molar refractivity (Wildman–Crippen MR) is 95.1 cm³/mol. The number of guanidine groups is 1. The van der Waals surface area contributed by atoms with E-state index in [4.69, 9.17) is 10.5 Å². The molecule has 0 saturated carbocycles. The minimum atomic E-state index is -0.997. The van der Waals surface area contributed by atoms with Gasteiger partial charge in [-0.25, -0.2) is 4.99 Å². The lowest BCUT2D eigenvalue weighted by Crippen LogP contribution is -2.49. The first-order valence-electron chi connectivity index (χ1n) is 7.83. The van der Waals surface area contributed by atoms with Gasteiger partial charge in [-0.2, -0.15) is 0 Å². The third-order valence-electron chi connectivity index (χ3n) is 4.61. The number of fused-ring (bicyclic) bond motifs is 2. The Kier molecular flexibility index (Phi) is 3.06. The van der Waals surface area contributed by atoms with Crippen LogP contribution in [0.3, 0.4) is 0 Å². The van der Waals surface area contributed by atoms with Crippen LogP contribution < -0.4 is 10.5 Å². The number of amides is 1. The normalized spacial score (nSPS) is 24.7. The van der Waals surface area contributed by atoms with Crippen LogP contribution >= 0.6 is 11.3 Å². The van der Waals surface area contributed by atoms with Crippen LogP contribution in [-0.4, -0.2) is 29.4 Å². The number of aliphatic imine (C=N–C) groups is 1. The molecule has 1 aromatic heterocycles. The SMILES string of the molecule is CN1C(=O)C2(CC(C)(C)Oc3ccc(-c4cccs4)cc32)N=C1N. The van der Waals surface area contributed by atoms with E-state index < -0.39 is 11.1 Å². The summed E-state index contributed by atoms with van der Waals surface area (Å²) in [6, 6.07) is 10.1. The number of benzene rings is 1. The van der Waals surface area contributed by atoms with Crippen molar-refractivity contribution in [2.45, 2.75) is 31.4 Å². The van der Waals surface area contributed by atoms with Gasteiger partial charge < -0.3 is 10.5 Å². The monoisotopic (exact) mass is 341 g/mol. The number of rotatable bonds is 1. The molecule has 24 heavy (non-hydrogen) atoms.